The Kier molecular flexibility index (Phi) is 3.06. The van der Waals surface area contributed by atoms with E-state index in [-0.39, 0.29) is 0 Å². The van der Waals surface area contributed by atoms with E-state index in [1.165, 1.54) is 0 Å². The molecule has 1 heterocycles. The Hall–Kier alpha value is -1.22. The highest BCUT2D eigenvalue weighted by molar-refractivity contribution is 5.47. The van der Waals surface area contributed by atoms with Crippen molar-refractivity contribution >= 4 is 0 Å². The van der Waals surface area contributed by atoms with Gasteiger partial charge < -0.3 is 14.2 Å². The summed E-state index contributed by atoms with van der Waals surface area (Å²) in [5, 5.41) is 0. The molecule has 0 bridgehead atoms. The molecule has 0 atom stereocenters. The van der Waals surface area contributed by atoms with Gasteiger partial charge in [-0.25, -0.2) is 0 Å². The Morgan fingerprint density at radius 2 is 2.06 bits per heavy atom. The van der Waals surface area contributed by atoms with E-state index in [0.29, 0.717) is 6.61 Å². The van der Waals surface area contributed by atoms with Gasteiger partial charge in [0.2, 0.25) is 5.79 Å². The van der Waals surface area contributed by atoms with Crippen molar-refractivity contribution in [2.24, 2.45) is 0 Å². The summed E-state index contributed by atoms with van der Waals surface area (Å²) in [4.78, 5) is 0. The van der Waals surface area contributed by atoms with E-state index in [1.807, 2.05) is 18.2 Å². The average Bonchev–Trinajstić information content (AvgIpc) is 2.37. The molecule has 0 aliphatic carbocycles. The molecule has 16 heavy (non-hydrogen) atoms. The van der Waals surface area contributed by atoms with Crippen molar-refractivity contribution < 1.29 is 14.2 Å². The van der Waals surface area contributed by atoms with Crippen LogP contribution in [0.3, 0.4) is 0 Å². The molecule has 1 aromatic rings. The quantitative estimate of drug-likeness (QED) is 0.786. The highest BCUT2D eigenvalue weighted by Crippen LogP contribution is 2.40. The van der Waals surface area contributed by atoms with Gasteiger partial charge >= 0.3 is 0 Å². The summed E-state index contributed by atoms with van der Waals surface area (Å²) < 4.78 is 17.1. The minimum absolute atomic E-state index is 0.484. The topological polar surface area (TPSA) is 27.7 Å². The maximum absolute atomic E-state index is 5.99. The number of methoxy groups -OCH3 is 1. The second-order valence-corrected chi connectivity index (χ2v) is 3.96. The first-order valence-electron chi connectivity index (χ1n) is 5.73. The standard InChI is InChI=1S/C13H18O3/c1-4-13(5-2)15-9-10-7-6-8-11(14-3)12(10)16-13/h6-8H,4-5,9H2,1-3H3. The molecular formula is C13H18O3. The molecule has 0 N–H and O–H groups in total. The number of fused-ring (bicyclic) bond motifs is 1. The fourth-order valence-corrected chi connectivity index (χ4v) is 1.97. The zero-order chi connectivity index (χ0) is 11.6. The number of ether oxygens (including phenoxy) is 3. The van der Waals surface area contributed by atoms with Crippen molar-refractivity contribution in [1.29, 1.82) is 0 Å². The first kappa shape index (κ1) is 11.3. The molecule has 2 rings (SSSR count). The summed E-state index contributed by atoms with van der Waals surface area (Å²) in [6.45, 7) is 4.74. The first-order valence-corrected chi connectivity index (χ1v) is 5.73. The van der Waals surface area contributed by atoms with Crippen LogP contribution in [-0.2, 0) is 11.3 Å². The van der Waals surface area contributed by atoms with E-state index in [9.17, 15) is 0 Å². The first-order chi connectivity index (χ1) is 7.74. The lowest BCUT2D eigenvalue weighted by molar-refractivity contribution is -0.209. The summed E-state index contributed by atoms with van der Waals surface area (Å²) >= 11 is 0. The van der Waals surface area contributed by atoms with Gasteiger partial charge in [0.1, 0.15) is 0 Å². The van der Waals surface area contributed by atoms with Gasteiger partial charge in [-0.3, -0.25) is 0 Å². The summed E-state index contributed by atoms with van der Waals surface area (Å²) in [6, 6.07) is 5.88. The van der Waals surface area contributed by atoms with Crippen LogP contribution in [-0.4, -0.2) is 12.9 Å². The van der Waals surface area contributed by atoms with Gasteiger partial charge in [-0.15, -0.1) is 0 Å². The Labute approximate surface area is 96.3 Å². The third-order valence-electron chi connectivity index (χ3n) is 3.14. The minimum atomic E-state index is -0.484. The third kappa shape index (κ3) is 1.76. The molecule has 0 radical (unpaired) electrons. The van der Waals surface area contributed by atoms with Crippen molar-refractivity contribution in [1.82, 2.24) is 0 Å². The monoisotopic (exact) mass is 222 g/mol. The molecule has 1 aliphatic heterocycles. The Morgan fingerprint density at radius 3 is 2.69 bits per heavy atom. The van der Waals surface area contributed by atoms with Crippen molar-refractivity contribution in [2.45, 2.75) is 39.1 Å². The van der Waals surface area contributed by atoms with Crippen LogP contribution in [0.25, 0.3) is 0 Å². The van der Waals surface area contributed by atoms with Crippen LogP contribution in [0.2, 0.25) is 0 Å². The molecule has 3 heteroatoms. The zero-order valence-electron chi connectivity index (χ0n) is 10.1. The van der Waals surface area contributed by atoms with Gasteiger partial charge in [-0.1, -0.05) is 26.0 Å². The molecule has 0 fully saturated rings. The molecular weight excluding hydrogens is 204 g/mol. The van der Waals surface area contributed by atoms with E-state index in [2.05, 4.69) is 13.8 Å². The Morgan fingerprint density at radius 1 is 1.31 bits per heavy atom. The molecule has 0 amide bonds. The minimum Gasteiger partial charge on any atom is -0.493 e. The van der Waals surface area contributed by atoms with Gasteiger partial charge in [0, 0.05) is 18.4 Å². The van der Waals surface area contributed by atoms with E-state index in [0.717, 1.165) is 29.9 Å². The Bertz CT molecular complexity index is 355. The summed E-state index contributed by atoms with van der Waals surface area (Å²) in [5.74, 6) is 1.13. The molecule has 0 aromatic heterocycles. The van der Waals surface area contributed by atoms with E-state index >= 15 is 0 Å². The predicted octanol–water partition coefficient (Wildman–Crippen LogP) is 3.12. The second-order valence-electron chi connectivity index (χ2n) is 3.96. The molecule has 0 spiro atoms. The number of hydrogen-bond acceptors (Lipinski definition) is 3. The van der Waals surface area contributed by atoms with Crippen LogP contribution in [0.1, 0.15) is 32.3 Å². The normalized spacial score (nSPS) is 17.4. The zero-order valence-corrected chi connectivity index (χ0v) is 10.1. The Balaban J connectivity index is 2.37. The van der Waals surface area contributed by atoms with Crippen LogP contribution < -0.4 is 9.47 Å². The van der Waals surface area contributed by atoms with Crippen molar-refractivity contribution in [3.8, 4) is 11.5 Å². The third-order valence-corrected chi connectivity index (χ3v) is 3.14. The van der Waals surface area contributed by atoms with E-state index in [1.54, 1.807) is 7.11 Å². The van der Waals surface area contributed by atoms with Crippen LogP contribution >= 0.6 is 0 Å². The van der Waals surface area contributed by atoms with Gasteiger partial charge in [-0.05, 0) is 6.07 Å². The highest BCUT2D eigenvalue weighted by atomic mass is 16.7. The maximum Gasteiger partial charge on any atom is 0.210 e. The fourth-order valence-electron chi connectivity index (χ4n) is 1.97. The lowest BCUT2D eigenvalue weighted by atomic mass is 10.1. The van der Waals surface area contributed by atoms with Gasteiger partial charge in [0.15, 0.2) is 11.5 Å². The smallest absolute Gasteiger partial charge is 0.210 e. The number of para-hydroxylation sites is 1. The SMILES string of the molecule is CCC1(CC)OCc2cccc(OC)c2O1. The molecule has 88 valence electrons. The fraction of sp³-hybridized carbons (Fsp3) is 0.538. The lowest BCUT2D eigenvalue weighted by Gasteiger charge is -2.37. The summed E-state index contributed by atoms with van der Waals surface area (Å²) in [6.07, 6.45) is 1.67. The van der Waals surface area contributed by atoms with Gasteiger partial charge in [-0.2, -0.15) is 0 Å². The molecule has 0 saturated heterocycles. The second kappa shape index (κ2) is 4.34. The maximum atomic E-state index is 5.99. The van der Waals surface area contributed by atoms with E-state index in [4.69, 9.17) is 14.2 Å². The number of rotatable bonds is 3. The largest absolute Gasteiger partial charge is 0.493 e. The summed E-state index contributed by atoms with van der Waals surface area (Å²) in [7, 11) is 1.66. The van der Waals surface area contributed by atoms with Crippen molar-refractivity contribution in [3.63, 3.8) is 0 Å². The molecule has 1 aromatic carbocycles. The van der Waals surface area contributed by atoms with Crippen LogP contribution in [0.4, 0.5) is 0 Å². The van der Waals surface area contributed by atoms with Crippen molar-refractivity contribution in [2.75, 3.05) is 7.11 Å². The van der Waals surface area contributed by atoms with Crippen LogP contribution in [0, 0.1) is 0 Å². The number of benzene rings is 1. The lowest BCUT2D eigenvalue weighted by Crippen LogP contribution is -2.40. The highest BCUT2D eigenvalue weighted by Gasteiger charge is 2.35. The van der Waals surface area contributed by atoms with Crippen molar-refractivity contribution in [3.05, 3.63) is 23.8 Å². The number of hydrogen-bond donors (Lipinski definition) is 0. The summed E-state index contributed by atoms with van der Waals surface area (Å²) in [5.41, 5.74) is 1.05. The molecule has 0 saturated carbocycles. The molecule has 1 aliphatic rings. The van der Waals surface area contributed by atoms with E-state index < -0.39 is 5.79 Å². The van der Waals surface area contributed by atoms with Crippen LogP contribution in [0.15, 0.2) is 18.2 Å². The average molecular weight is 222 g/mol. The molecule has 3 nitrogen and oxygen atoms in total. The predicted molar refractivity (Wildman–Crippen MR) is 61.7 cm³/mol. The van der Waals surface area contributed by atoms with Crippen LogP contribution in [0.5, 0.6) is 11.5 Å². The van der Waals surface area contributed by atoms with Gasteiger partial charge in [0.25, 0.3) is 0 Å². The van der Waals surface area contributed by atoms with Gasteiger partial charge in [0.05, 0.1) is 13.7 Å². The molecule has 0 unspecified atom stereocenters.